The Morgan fingerprint density at radius 2 is 1.70 bits per heavy atom. The molecular weight excluding hydrogens is 608 g/mol. The summed E-state index contributed by atoms with van der Waals surface area (Å²) in [5, 5.41) is 16.7. The van der Waals surface area contributed by atoms with Crippen molar-refractivity contribution in [3.8, 4) is 5.75 Å². The first-order valence-corrected chi connectivity index (χ1v) is 13.8. The lowest BCUT2D eigenvalue weighted by atomic mass is 10.1. The smallest absolute Gasteiger partial charge is 0.406 e. The molecule has 0 saturated heterocycles. The van der Waals surface area contributed by atoms with Crippen molar-refractivity contribution in [3.63, 3.8) is 0 Å². The minimum absolute atomic E-state index is 0.00545. The van der Waals surface area contributed by atoms with Gasteiger partial charge in [0.1, 0.15) is 22.9 Å². The highest BCUT2D eigenvalue weighted by Crippen LogP contribution is 2.40. The normalized spacial score (nSPS) is 14.0. The standard InChI is InChI=1S/C26H21F6N5O5S/c1-24(2,38)23-35-21(36-42-23)12-14-3-9-18-19(11-14)37(13-15-4-10-20(25(27,28)29)34-22(15)33-18)43(39,40)17-7-5-16(6-8-17)41-26(30,31)32/h3-11,38H,12-13H2,1-2H3,(H,33,34). The second-order valence-electron chi connectivity index (χ2n) is 9.96. The van der Waals surface area contributed by atoms with Gasteiger partial charge in [-0.15, -0.1) is 13.2 Å². The Labute approximate surface area is 240 Å². The van der Waals surface area contributed by atoms with Crippen LogP contribution in [0, 0.1) is 0 Å². The molecule has 0 aliphatic carbocycles. The molecule has 1 aliphatic heterocycles. The van der Waals surface area contributed by atoms with Gasteiger partial charge in [-0.2, -0.15) is 18.2 Å². The minimum Gasteiger partial charge on any atom is -0.406 e. The number of alkyl halides is 6. The molecule has 228 valence electrons. The largest absolute Gasteiger partial charge is 0.573 e. The Morgan fingerprint density at radius 3 is 2.30 bits per heavy atom. The fraction of sp³-hybridized carbons (Fsp3) is 0.269. The topological polar surface area (TPSA) is 131 Å². The summed E-state index contributed by atoms with van der Waals surface area (Å²) in [4.78, 5) is 7.39. The summed E-state index contributed by atoms with van der Waals surface area (Å²) in [6.45, 7) is 2.41. The molecule has 2 aromatic carbocycles. The minimum atomic E-state index is -5.00. The molecule has 3 heterocycles. The molecule has 0 fully saturated rings. The molecule has 1 aliphatic rings. The summed E-state index contributed by atoms with van der Waals surface area (Å²) in [5.41, 5.74) is -1.96. The van der Waals surface area contributed by atoms with E-state index in [9.17, 15) is 39.9 Å². The molecule has 0 unspecified atom stereocenters. The van der Waals surface area contributed by atoms with Gasteiger partial charge in [-0.1, -0.05) is 17.3 Å². The number of hydrogen-bond donors (Lipinski definition) is 2. The third-order valence-electron chi connectivity index (χ3n) is 6.17. The van der Waals surface area contributed by atoms with Gasteiger partial charge < -0.3 is 19.7 Å². The van der Waals surface area contributed by atoms with Crippen molar-refractivity contribution in [2.45, 2.75) is 49.8 Å². The van der Waals surface area contributed by atoms with E-state index in [4.69, 9.17) is 4.52 Å². The predicted octanol–water partition coefficient (Wildman–Crippen LogP) is 5.65. The van der Waals surface area contributed by atoms with Crippen LogP contribution in [0.25, 0.3) is 0 Å². The molecular formula is C26H21F6N5O5S. The molecule has 0 amide bonds. The summed E-state index contributed by atoms with van der Waals surface area (Å²) < 4.78 is 116. The molecule has 2 aromatic heterocycles. The Morgan fingerprint density at radius 1 is 1.00 bits per heavy atom. The average Bonchev–Trinajstić information content (AvgIpc) is 3.30. The molecule has 43 heavy (non-hydrogen) atoms. The van der Waals surface area contributed by atoms with Gasteiger partial charge in [0.25, 0.3) is 15.9 Å². The van der Waals surface area contributed by atoms with Crippen LogP contribution in [0.1, 0.15) is 42.4 Å². The lowest BCUT2D eigenvalue weighted by Gasteiger charge is -2.25. The van der Waals surface area contributed by atoms with Crippen LogP contribution in [-0.2, 0) is 34.8 Å². The monoisotopic (exact) mass is 629 g/mol. The van der Waals surface area contributed by atoms with E-state index in [1.165, 1.54) is 26.0 Å². The number of halogens is 6. The van der Waals surface area contributed by atoms with Crippen LogP contribution in [-0.4, -0.2) is 35.0 Å². The molecule has 17 heteroatoms. The number of ether oxygens (including phenoxy) is 1. The molecule has 0 spiro atoms. The molecule has 2 N–H and O–H groups in total. The van der Waals surface area contributed by atoms with E-state index in [2.05, 4.69) is 25.2 Å². The van der Waals surface area contributed by atoms with Gasteiger partial charge in [0, 0.05) is 12.0 Å². The average molecular weight is 630 g/mol. The van der Waals surface area contributed by atoms with Crippen LogP contribution in [0.3, 0.4) is 0 Å². The first-order chi connectivity index (χ1) is 19.9. The number of anilines is 3. The van der Waals surface area contributed by atoms with Crippen molar-refractivity contribution in [1.82, 2.24) is 15.1 Å². The van der Waals surface area contributed by atoms with Crippen LogP contribution in [0.15, 0.2) is 64.0 Å². The Hall–Kier alpha value is -4.38. The zero-order valence-electron chi connectivity index (χ0n) is 22.2. The van der Waals surface area contributed by atoms with E-state index in [1.807, 2.05) is 0 Å². The van der Waals surface area contributed by atoms with Gasteiger partial charge in [-0.05, 0) is 61.9 Å². The fourth-order valence-corrected chi connectivity index (χ4v) is 5.61. The first-order valence-electron chi connectivity index (χ1n) is 12.3. The molecule has 10 nitrogen and oxygen atoms in total. The maximum Gasteiger partial charge on any atom is 0.573 e. The fourth-order valence-electron chi connectivity index (χ4n) is 4.16. The second-order valence-corrected chi connectivity index (χ2v) is 11.8. The van der Waals surface area contributed by atoms with E-state index >= 15 is 0 Å². The number of hydrogen-bond acceptors (Lipinski definition) is 9. The maximum atomic E-state index is 13.9. The summed E-state index contributed by atoms with van der Waals surface area (Å²) in [5.74, 6) is -0.772. The van der Waals surface area contributed by atoms with Crippen LogP contribution in [0.2, 0.25) is 0 Å². The van der Waals surface area contributed by atoms with Crippen LogP contribution in [0.4, 0.5) is 43.5 Å². The van der Waals surface area contributed by atoms with Gasteiger partial charge in [0.05, 0.1) is 22.8 Å². The van der Waals surface area contributed by atoms with Gasteiger partial charge in [0.15, 0.2) is 5.82 Å². The highest BCUT2D eigenvalue weighted by Gasteiger charge is 2.36. The van der Waals surface area contributed by atoms with E-state index in [-0.39, 0.29) is 40.9 Å². The number of rotatable bonds is 6. The SMILES string of the molecule is CC(C)(O)c1nc(Cc2ccc3c(c2)N(S(=O)(=O)c2ccc(OC(F)(F)F)cc2)Cc2ccc(C(F)(F)F)nc2N3)no1. The summed E-state index contributed by atoms with van der Waals surface area (Å²) >= 11 is 0. The van der Waals surface area contributed by atoms with Crippen LogP contribution < -0.4 is 14.4 Å². The van der Waals surface area contributed by atoms with Crippen molar-refractivity contribution in [1.29, 1.82) is 0 Å². The second kappa shape index (κ2) is 10.4. The molecule has 0 bridgehead atoms. The number of nitrogens with zero attached hydrogens (tertiary/aromatic N) is 4. The number of aromatic nitrogens is 3. The lowest BCUT2D eigenvalue weighted by Crippen LogP contribution is -2.30. The summed E-state index contributed by atoms with van der Waals surface area (Å²) in [6, 6.07) is 9.73. The molecule has 0 atom stereocenters. The highest BCUT2D eigenvalue weighted by molar-refractivity contribution is 7.92. The Kier molecular flexibility index (Phi) is 7.28. The summed E-state index contributed by atoms with van der Waals surface area (Å²) in [6.07, 6.45) is -9.74. The van der Waals surface area contributed by atoms with E-state index in [1.54, 1.807) is 6.07 Å². The number of sulfonamides is 1. The zero-order chi connectivity index (χ0) is 31.4. The van der Waals surface area contributed by atoms with Gasteiger partial charge in [-0.25, -0.2) is 13.4 Å². The quantitative estimate of drug-likeness (QED) is 0.260. The van der Waals surface area contributed by atoms with Crippen molar-refractivity contribution in [2.24, 2.45) is 0 Å². The Balaban J connectivity index is 1.58. The van der Waals surface area contributed by atoms with Crippen LogP contribution >= 0.6 is 0 Å². The van der Waals surface area contributed by atoms with Gasteiger partial charge in [0.2, 0.25) is 0 Å². The number of nitrogens with one attached hydrogen (secondary N) is 1. The van der Waals surface area contributed by atoms with Crippen molar-refractivity contribution < 1.29 is 49.1 Å². The molecule has 5 rings (SSSR count). The first kappa shape index (κ1) is 30.1. The highest BCUT2D eigenvalue weighted by atomic mass is 32.2. The molecule has 0 radical (unpaired) electrons. The van der Waals surface area contributed by atoms with Gasteiger partial charge >= 0.3 is 12.5 Å². The molecule has 4 aromatic rings. The predicted molar refractivity (Wildman–Crippen MR) is 138 cm³/mol. The lowest BCUT2D eigenvalue weighted by molar-refractivity contribution is -0.274. The maximum absolute atomic E-state index is 13.9. The van der Waals surface area contributed by atoms with Crippen molar-refractivity contribution >= 4 is 27.2 Å². The van der Waals surface area contributed by atoms with Crippen molar-refractivity contribution in [3.05, 3.63) is 83.1 Å². The summed E-state index contributed by atoms with van der Waals surface area (Å²) in [7, 11) is -4.52. The van der Waals surface area contributed by atoms with Gasteiger partial charge in [-0.3, -0.25) is 4.31 Å². The van der Waals surface area contributed by atoms with E-state index in [0.717, 1.165) is 34.6 Å². The van der Waals surface area contributed by atoms with E-state index < -0.39 is 51.0 Å². The number of pyridine rings is 1. The van der Waals surface area contributed by atoms with Crippen molar-refractivity contribution in [2.75, 3.05) is 9.62 Å². The number of aliphatic hydroxyl groups is 1. The third-order valence-corrected chi connectivity index (χ3v) is 7.94. The number of fused-ring (bicyclic) bond motifs is 2. The zero-order valence-corrected chi connectivity index (χ0v) is 23.0. The van der Waals surface area contributed by atoms with Crippen LogP contribution in [0.5, 0.6) is 5.75 Å². The van der Waals surface area contributed by atoms with E-state index in [0.29, 0.717) is 11.6 Å². The Bertz CT molecular complexity index is 1770. The third kappa shape index (κ3) is 6.51. The number of benzene rings is 2. The molecule has 0 saturated carbocycles.